The fourth-order valence-electron chi connectivity index (χ4n) is 4.42. The van der Waals surface area contributed by atoms with Crippen LogP contribution in [0.1, 0.15) is 59.7 Å². The van der Waals surface area contributed by atoms with E-state index in [1.54, 1.807) is 42.5 Å². The van der Waals surface area contributed by atoms with Crippen molar-refractivity contribution in [1.29, 1.82) is 0 Å². The molecular formula is C25H32N4O3S. The van der Waals surface area contributed by atoms with Crippen LogP contribution in [-0.4, -0.2) is 53.6 Å². The van der Waals surface area contributed by atoms with E-state index >= 15 is 0 Å². The predicted molar refractivity (Wildman–Crippen MR) is 130 cm³/mol. The summed E-state index contributed by atoms with van der Waals surface area (Å²) < 4.78 is 13.3. The summed E-state index contributed by atoms with van der Waals surface area (Å²) in [6.07, 6.45) is 6.04. The highest BCUT2D eigenvalue weighted by molar-refractivity contribution is 7.85. The van der Waals surface area contributed by atoms with E-state index in [0.29, 0.717) is 39.7 Å². The number of hydrogen-bond acceptors (Lipinski definition) is 5. The maximum absolute atomic E-state index is 13.3. The lowest BCUT2D eigenvalue weighted by atomic mass is 10.1. The van der Waals surface area contributed by atoms with E-state index in [4.69, 9.17) is 0 Å². The third-order valence-electron chi connectivity index (χ3n) is 6.13. The van der Waals surface area contributed by atoms with Crippen LogP contribution in [0, 0.1) is 0 Å². The maximum Gasteiger partial charge on any atom is 0.273 e. The van der Waals surface area contributed by atoms with Crippen molar-refractivity contribution in [1.82, 2.24) is 15.6 Å². The molecule has 1 saturated heterocycles. The average molecular weight is 469 g/mol. The molecule has 2 amide bonds. The van der Waals surface area contributed by atoms with Crippen molar-refractivity contribution >= 4 is 28.3 Å². The first-order valence-corrected chi connectivity index (χ1v) is 13.0. The molecule has 0 radical (unpaired) electrons. The van der Waals surface area contributed by atoms with Gasteiger partial charge in [0.15, 0.2) is 0 Å². The second-order valence-electron chi connectivity index (χ2n) is 8.46. The molecule has 8 heteroatoms. The second-order valence-corrected chi connectivity index (χ2v) is 9.88. The maximum atomic E-state index is 13.3. The number of benzene rings is 2. The van der Waals surface area contributed by atoms with Gasteiger partial charge in [-0.2, -0.15) is 0 Å². The van der Waals surface area contributed by atoms with E-state index in [2.05, 4.69) is 15.6 Å². The van der Waals surface area contributed by atoms with Gasteiger partial charge in [0.25, 0.3) is 11.8 Å². The Kier molecular flexibility index (Phi) is 7.90. The molecule has 4 rings (SSSR count). The first-order valence-electron chi connectivity index (χ1n) is 11.8. The monoisotopic (exact) mass is 468 g/mol. The molecule has 2 aromatic rings. The number of carbonyl (C=O) groups is 2. The number of amides is 2. The Labute approximate surface area is 198 Å². The zero-order valence-electron chi connectivity index (χ0n) is 19.1. The molecule has 2 aliphatic rings. The molecule has 0 bridgehead atoms. The number of anilines is 1. The molecule has 33 heavy (non-hydrogen) atoms. The number of carbonyl (C=O) groups excluding carboxylic acids is 2. The van der Waals surface area contributed by atoms with E-state index in [1.807, 2.05) is 6.92 Å². The first-order chi connectivity index (χ1) is 16.1. The zero-order valence-corrected chi connectivity index (χ0v) is 20.0. The van der Waals surface area contributed by atoms with E-state index in [0.717, 1.165) is 26.1 Å². The number of rotatable bonds is 7. The lowest BCUT2D eigenvalue weighted by Crippen LogP contribution is -2.43. The molecule has 0 saturated carbocycles. The van der Waals surface area contributed by atoms with Crippen LogP contribution in [0.25, 0.3) is 0 Å². The lowest BCUT2D eigenvalue weighted by Gasteiger charge is -2.23. The Morgan fingerprint density at radius 3 is 2.55 bits per heavy atom. The van der Waals surface area contributed by atoms with Gasteiger partial charge in [-0.25, -0.2) is 14.6 Å². The van der Waals surface area contributed by atoms with Crippen molar-refractivity contribution in [2.24, 2.45) is 0 Å². The molecule has 2 aromatic carbocycles. The van der Waals surface area contributed by atoms with Gasteiger partial charge in [0.05, 0.1) is 31.8 Å². The van der Waals surface area contributed by atoms with Gasteiger partial charge in [0.1, 0.15) is 0 Å². The molecule has 1 fully saturated rings. The van der Waals surface area contributed by atoms with Crippen LogP contribution < -0.4 is 15.8 Å². The minimum Gasteiger partial charge on any atom is -0.352 e. The van der Waals surface area contributed by atoms with Crippen molar-refractivity contribution in [2.45, 2.75) is 48.8 Å². The summed E-state index contributed by atoms with van der Waals surface area (Å²) >= 11 is 0. The first kappa shape index (κ1) is 23.6. The Morgan fingerprint density at radius 2 is 1.79 bits per heavy atom. The minimum atomic E-state index is -1.52. The van der Waals surface area contributed by atoms with E-state index in [1.165, 1.54) is 30.7 Å². The van der Waals surface area contributed by atoms with Gasteiger partial charge in [-0.05, 0) is 69.2 Å². The Hall–Kier alpha value is -2.55. The van der Waals surface area contributed by atoms with Crippen molar-refractivity contribution in [3.05, 3.63) is 53.6 Å². The summed E-state index contributed by atoms with van der Waals surface area (Å²) in [5, 5.41) is 4.41. The zero-order chi connectivity index (χ0) is 23.2. The van der Waals surface area contributed by atoms with Crippen LogP contribution in [0.2, 0.25) is 0 Å². The molecule has 7 nitrogen and oxygen atoms in total. The van der Waals surface area contributed by atoms with Gasteiger partial charge in [0, 0.05) is 18.7 Å². The van der Waals surface area contributed by atoms with Crippen LogP contribution in [0.15, 0.2) is 52.3 Å². The summed E-state index contributed by atoms with van der Waals surface area (Å²) in [7, 11) is -1.52. The summed E-state index contributed by atoms with van der Waals surface area (Å²) in [4.78, 5) is 29.5. The third-order valence-corrected chi connectivity index (χ3v) is 7.63. The Morgan fingerprint density at radius 1 is 1.03 bits per heavy atom. The summed E-state index contributed by atoms with van der Waals surface area (Å²) in [5.74, 6) is -0.473. The average Bonchev–Trinajstić information content (AvgIpc) is 3.16. The highest BCUT2D eigenvalue weighted by Crippen LogP contribution is 2.34. The molecule has 2 heterocycles. The Bertz CT molecular complexity index is 1030. The second kappa shape index (κ2) is 11.0. The van der Waals surface area contributed by atoms with Crippen molar-refractivity contribution < 1.29 is 13.8 Å². The number of hydrazine groups is 1. The fourth-order valence-corrected chi connectivity index (χ4v) is 5.75. The van der Waals surface area contributed by atoms with Gasteiger partial charge in [0.2, 0.25) is 0 Å². The van der Waals surface area contributed by atoms with Gasteiger partial charge >= 0.3 is 0 Å². The smallest absolute Gasteiger partial charge is 0.273 e. The van der Waals surface area contributed by atoms with Crippen molar-refractivity contribution in [2.75, 3.05) is 37.7 Å². The molecule has 0 aliphatic carbocycles. The van der Waals surface area contributed by atoms with Crippen LogP contribution >= 0.6 is 0 Å². The third kappa shape index (κ3) is 5.34. The number of hydrogen-bond donors (Lipinski definition) is 2. The largest absolute Gasteiger partial charge is 0.352 e. The number of nitrogens with zero attached hydrogens (tertiary/aromatic N) is 2. The van der Waals surface area contributed by atoms with Gasteiger partial charge in [-0.1, -0.05) is 31.9 Å². The normalized spacial score (nSPS) is 18.8. The summed E-state index contributed by atoms with van der Waals surface area (Å²) in [5.41, 5.74) is 4.36. The molecule has 1 unspecified atom stereocenters. The van der Waals surface area contributed by atoms with Gasteiger partial charge < -0.3 is 10.2 Å². The quantitative estimate of drug-likeness (QED) is 0.609. The minimum absolute atomic E-state index is 0.190. The van der Waals surface area contributed by atoms with E-state index < -0.39 is 10.8 Å². The molecule has 2 aliphatic heterocycles. The van der Waals surface area contributed by atoms with Crippen LogP contribution in [-0.2, 0) is 10.8 Å². The van der Waals surface area contributed by atoms with E-state index in [9.17, 15) is 13.8 Å². The highest BCUT2D eigenvalue weighted by atomic mass is 32.2. The standard InChI is InChI=1S/C25H32N4O3S/c1-2-27-29-21-18-19(24(30)26-14-9-17-28-15-7-3-4-8-16-28)12-13-23(21)33(32)22-11-6-5-10-20(22)25(29)31/h5-6,10-13,18,27H,2-4,7-9,14-17H2,1H3,(H,26,30). The van der Waals surface area contributed by atoms with Gasteiger partial charge in [-0.3, -0.25) is 9.59 Å². The number of likely N-dealkylation sites (tertiary alicyclic amines) is 1. The molecule has 0 spiro atoms. The number of fused-ring (bicyclic) bond motifs is 2. The topological polar surface area (TPSA) is 81.8 Å². The van der Waals surface area contributed by atoms with Crippen molar-refractivity contribution in [3.8, 4) is 0 Å². The highest BCUT2D eigenvalue weighted by Gasteiger charge is 2.31. The van der Waals surface area contributed by atoms with E-state index in [-0.39, 0.29) is 11.8 Å². The van der Waals surface area contributed by atoms with Crippen molar-refractivity contribution in [3.63, 3.8) is 0 Å². The molecular weight excluding hydrogens is 436 g/mol. The molecule has 0 aromatic heterocycles. The fraction of sp³-hybridized carbons (Fsp3) is 0.440. The Balaban J connectivity index is 1.49. The predicted octanol–water partition coefficient (Wildman–Crippen LogP) is 3.33. The summed E-state index contributed by atoms with van der Waals surface area (Å²) in [6, 6.07) is 12.0. The van der Waals surface area contributed by atoms with Crippen LogP contribution in [0.5, 0.6) is 0 Å². The summed E-state index contributed by atoms with van der Waals surface area (Å²) in [6.45, 7) is 6.28. The molecule has 1 atom stereocenters. The lowest BCUT2D eigenvalue weighted by molar-refractivity contribution is 0.0946. The van der Waals surface area contributed by atoms with Gasteiger partial charge in [-0.15, -0.1) is 0 Å². The van der Waals surface area contributed by atoms with Crippen LogP contribution in [0.4, 0.5) is 5.69 Å². The molecule has 2 N–H and O–H groups in total. The molecule has 176 valence electrons. The SMILES string of the molecule is CCNN1C(=O)c2ccccc2S(=O)c2ccc(C(=O)NCCCN3CCCCCC3)cc21. The number of nitrogens with one attached hydrogen (secondary N) is 2. The van der Waals surface area contributed by atoms with Crippen LogP contribution in [0.3, 0.4) is 0 Å².